The molecule has 0 saturated heterocycles. The summed E-state index contributed by atoms with van der Waals surface area (Å²) in [6.45, 7) is 2.60. The number of thioether (sulfide) groups is 1. The van der Waals surface area contributed by atoms with Gasteiger partial charge in [-0.1, -0.05) is 41.6 Å². The van der Waals surface area contributed by atoms with Gasteiger partial charge in [0.1, 0.15) is 10.8 Å². The summed E-state index contributed by atoms with van der Waals surface area (Å²) in [7, 11) is 0. The first-order valence-electron chi connectivity index (χ1n) is 8.56. The second-order valence-electron chi connectivity index (χ2n) is 5.80. The monoisotopic (exact) mass is 396 g/mol. The molecule has 0 amide bonds. The van der Waals surface area contributed by atoms with Crippen LogP contribution in [0.2, 0.25) is 5.02 Å². The number of halogens is 1. The van der Waals surface area contributed by atoms with Crippen LogP contribution >= 0.6 is 23.4 Å². The maximum Gasteiger partial charge on any atom is 0.185 e. The molecule has 0 fully saturated rings. The molecule has 0 saturated carbocycles. The SMILES string of the molecule is CCOc1ccc(-c2nnc3ccc(SCc4ccccc4Cl)nn23)cc1. The molecule has 5 nitrogen and oxygen atoms in total. The number of ether oxygens (including phenoxy) is 1. The van der Waals surface area contributed by atoms with Crippen molar-refractivity contribution in [3.63, 3.8) is 0 Å². The van der Waals surface area contributed by atoms with Crippen molar-refractivity contribution in [1.29, 1.82) is 0 Å². The Morgan fingerprint density at radius 2 is 1.81 bits per heavy atom. The largest absolute Gasteiger partial charge is 0.494 e. The molecule has 4 rings (SSSR count). The highest BCUT2D eigenvalue weighted by Crippen LogP contribution is 2.27. The van der Waals surface area contributed by atoms with Gasteiger partial charge in [0.15, 0.2) is 11.5 Å². The van der Waals surface area contributed by atoms with Crippen LogP contribution in [0.4, 0.5) is 0 Å². The lowest BCUT2D eigenvalue weighted by atomic mass is 10.2. The third-order valence-electron chi connectivity index (χ3n) is 4.00. The Morgan fingerprint density at radius 1 is 1.00 bits per heavy atom. The fourth-order valence-electron chi connectivity index (χ4n) is 2.66. The Morgan fingerprint density at radius 3 is 2.59 bits per heavy atom. The molecule has 2 aromatic carbocycles. The average molecular weight is 397 g/mol. The third-order valence-corrected chi connectivity index (χ3v) is 5.33. The van der Waals surface area contributed by atoms with Crippen LogP contribution in [0.25, 0.3) is 17.0 Å². The maximum atomic E-state index is 6.24. The molecule has 0 bridgehead atoms. The minimum Gasteiger partial charge on any atom is -0.494 e. The molecule has 2 aromatic heterocycles. The number of fused-ring (bicyclic) bond motifs is 1. The summed E-state index contributed by atoms with van der Waals surface area (Å²) in [5.41, 5.74) is 2.73. The summed E-state index contributed by atoms with van der Waals surface area (Å²) in [5, 5.41) is 14.9. The van der Waals surface area contributed by atoms with E-state index in [0.29, 0.717) is 18.1 Å². The van der Waals surface area contributed by atoms with Gasteiger partial charge in [0.05, 0.1) is 6.61 Å². The van der Waals surface area contributed by atoms with Crippen LogP contribution in [0.5, 0.6) is 5.75 Å². The van der Waals surface area contributed by atoms with Gasteiger partial charge in [-0.15, -0.1) is 10.2 Å². The molecule has 0 atom stereocenters. The van der Waals surface area contributed by atoms with Crippen LogP contribution in [0.1, 0.15) is 12.5 Å². The van der Waals surface area contributed by atoms with Gasteiger partial charge in [-0.3, -0.25) is 0 Å². The topological polar surface area (TPSA) is 52.3 Å². The van der Waals surface area contributed by atoms with Crippen molar-refractivity contribution in [2.45, 2.75) is 17.7 Å². The second-order valence-corrected chi connectivity index (χ2v) is 7.21. The van der Waals surface area contributed by atoms with Gasteiger partial charge in [0, 0.05) is 16.3 Å². The van der Waals surface area contributed by atoms with E-state index in [1.807, 2.05) is 67.6 Å². The van der Waals surface area contributed by atoms with E-state index >= 15 is 0 Å². The highest BCUT2D eigenvalue weighted by molar-refractivity contribution is 7.98. The Kier molecular flexibility index (Phi) is 5.27. The molecule has 0 spiro atoms. The molecule has 0 aliphatic heterocycles. The van der Waals surface area contributed by atoms with E-state index in [9.17, 15) is 0 Å². The molecule has 7 heteroatoms. The second kappa shape index (κ2) is 7.98. The van der Waals surface area contributed by atoms with Gasteiger partial charge >= 0.3 is 0 Å². The summed E-state index contributed by atoms with van der Waals surface area (Å²) >= 11 is 7.87. The van der Waals surface area contributed by atoms with Crippen molar-refractivity contribution in [2.24, 2.45) is 0 Å². The molecule has 4 aromatic rings. The summed E-state index contributed by atoms with van der Waals surface area (Å²) in [4.78, 5) is 0. The zero-order chi connectivity index (χ0) is 18.6. The van der Waals surface area contributed by atoms with Crippen molar-refractivity contribution in [2.75, 3.05) is 6.61 Å². The molecule has 0 aliphatic rings. The molecular formula is C20H17ClN4OS. The fraction of sp³-hybridized carbons (Fsp3) is 0.150. The van der Waals surface area contributed by atoms with Crippen LogP contribution in [0, 0.1) is 0 Å². The van der Waals surface area contributed by atoms with Crippen molar-refractivity contribution >= 4 is 29.0 Å². The first-order valence-corrected chi connectivity index (χ1v) is 9.93. The summed E-state index contributed by atoms with van der Waals surface area (Å²) in [6, 6.07) is 19.5. The number of nitrogens with zero attached hydrogens (tertiary/aromatic N) is 4. The number of aromatic nitrogens is 4. The molecule has 0 N–H and O–H groups in total. The molecular weight excluding hydrogens is 380 g/mol. The lowest BCUT2D eigenvalue weighted by Gasteiger charge is -2.06. The molecule has 2 heterocycles. The van der Waals surface area contributed by atoms with Crippen molar-refractivity contribution in [3.8, 4) is 17.1 Å². The minimum absolute atomic E-state index is 0.640. The van der Waals surface area contributed by atoms with Crippen LogP contribution in [-0.2, 0) is 5.75 Å². The lowest BCUT2D eigenvalue weighted by Crippen LogP contribution is -1.97. The number of hydrogen-bond donors (Lipinski definition) is 0. The normalized spacial score (nSPS) is 11.0. The molecule has 0 aliphatic carbocycles. The summed E-state index contributed by atoms with van der Waals surface area (Å²) < 4.78 is 7.26. The van der Waals surface area contributed by atoms with E-state index in [0.717, 1.165) is 32.7 Å². The lowest BCUT2D eigenvalue weighted by molar-refractivity contribution is 0.340. The van der Waals surface area contributed by atoms with Gasteiger partial charge in [0.2, 0.25) is 0 Å². The quantitative estimate of drug-likeness (QED) is 0.422. The van der Waals surface area contributed by atoms with E-state index in [2.05, 4.69) is 10.2 Å². The van der Waals surface area contributed by atoms with E-state index in [1.54, 1.807) is 16.3 Å². The predicted molar refractivity (Wildman–Crippen MR) is 108 cm³/mol. The van der Waals surface area contributed by atoms with Crippen LogP contribution in [0.15, 0.2) is 65.7 Å². The first kappa shape index (κ1) is 17.8. The summed E-state index contributed by atoms with van der Waals surface area (Å²) in [5.74, 6) is 2.28. The highest BCUT2D eigenvalue weighted by atomic mass is 35.5. The van der Waals surface area contributed by atoms with Crippen LogP contribution in [-0.4, -0.2) is 26.4 Å². The average Bonchev–Trinajstić information content (AvgIpc) is 3.11. The van der Waals surface area contributed by atoms with Gasteiger partial charge in [-0.25, -0.2) is 0 Å². The van der Waals surface area contributed by atoms with Gasteiger partial charge in [-0.05, 0) is 55.0 Å². The first-order chi connectivity index (χ1) is 13.2. The third kappa shape index (κ3) is 3.91. The minimum atomic E-state index is 0.640. The Hall–Kier alpha value is -2.57. The highest BCUT2D eigenvalue weighted by Gasteiger charge is 2.11. The van der Waals surface area contributed by atoms with E-state index < -0.39 is 0 Å². The summed E-state index contributed by atoms with van der Waals surface area (Å²) in [6.07, 6.45) is 0. The zero-order valence-corrected chi connectivity index (χ0v) is 16.2. The Balaban J connectivity index is 1.60. The number of hydrogen-bond acceptors (Lipinski definition) is 5. The predicted octanol–water partition coefficient (Wildman–Crippen LogP) is 5.14. The van der Waals surface area contributed by atoms with E-state index in [-0.39, 0.29) is 0 Å². The van der Waals surface area contributed by atoms with Crippen molar-refractivity contribution in [1.82, 2.24) is 19.8 Å². The molecule has 27 heavy (non-hydrogen) atoms. The fourth-order valence-corrected chi connectivity index (χ4v) is 3.80. The van der Waals surface area contributed by atoms with Crippen LogP contribution < -0.4 is 4.74 Å². The van der Waals surface area contributed by atoms with Gasteiger partial charge < -0.3 is 4.74 Å². The Bertz CT molecular complexity index is 1070. The van der Waals surface area contributed by atoms with Crippen molar-refractivity contribution < 1.29 is 4.74 Å². The van der Waals surface area contributed by atoms with Crippen molar-refractivity contribution in [3.05, 3.63) is 71.2 Å². The number of rotatable bonds is 6. The smallest absolute Gasteiger partial charge is 0.185 e. The standard InChI is InChI=1S/C20H17ClN4OS/c1-2-26-16-9-7-14(8-10-16)20-23-22-18-11-12-19(24-25(18)20)27-13-15-5-3-4-6-17(15)21/h3-12H,2,13H2,1H3. The maximum absolute atomic E-state index is 6.24. The van der Waals surface area contributed by atoms with Gasteiger partial charge in [0.25, 0.3) is 0 Å². The number of benzene rings is 2. The van der Waals surface area contributed by atoms with E-state index in [1.165, 1.54) is 0 Å². The Labute approximate surface area is 166 Å². The zero-order valence-electron chi connectivity index (χ0n) is 14.7. The molecule has 136 valence electrons. The van der Waals surface area contributed by atoms with Gasteiger partial charge in [-0.2, -0.15) is 9.61 Å². The molecule has 0 radical (unpaired) electrons. The molecule has 0 unspecified atom stereocenters. The van der Waals surface area contributed by atoms with Crippen LogP contribution in [0.3, 0.4) is 0 Å². The van der Waals surface area contributed by atoms with E-state index in [4.69, 9.17) is 21.4 Å².